The molecule has 0 spiro atoms. The van der Waals surface area contributed by atoms with Gasteiger partial charge in [0.25, 0.3) is 0 Å². The lowest BCUT2D eigenvalue weighted by Crippen LogP contribution is -2.48. The highest BCUT2D eigenvalue weighted by molar-refractivity contribution is 7.99. The molecule has 2 aromatic carbocycles. The molecule has 28 heavy (non-hydrogen) atoms. The molecule has 2 amide bonds. The maximum absolute atomic E-state index is 12.9. The summed E-state index contributed by atoms with van der Waals surface area (Å²) in [5, 5.41) is 4.05. The van der Waals surface area contributed by atoms with Gasteiger partial charge in [0.15, 0.2) is 0 Å². The van der Waals surface area contributed by atoms with E-state index in [0.717, 1.165) is 11.1 Å². The molecule has 0 aliphatic rings. The summed E-state index contributed by atoms with van der Waals surface area (Å²) in [5.41, 5.74) is 1.91. The zero-order chi connectivity index (χ0) is 20.5. The zero-order valence-electron chi connectivity index (χ0n) is 16.0. The Morgan fingerprint density at radius 3 is 2.43 bits per heavy atom. The zero-order valence-corrected chi connectivity index (χ0v) is 18.3. The molecule has 7 heteroatoms. The topological polar surface area (TPSA) is 49.4 Å². The van der Waals surface area contributed by atoms with Crippen LogP contribution in [0.1, 0.15) is 25.0 Å². The van der Waals surface area contributed by atoms with Gasteiger partial charge in [0.05, 0.1) is 5.75 Å². The first-order chi connectivity index (χ1) is 13.4. The molecule has 0 aliphatic carbocycles. The number of thioether (sulfide) groups is 1. The minimum absolute atomic E-state index is 0.0994. The molecule has 150 valence electrons. The smallest absolute Gasteiger partial charge is 0.242 e. The average Bonchev–Trinajstić information content (AvgIpc) is 2.68. The number of carbonyl (C=O) groups is 2. The summed E-state index contributed by atoms with van der Waals surface area (Å²) in [4.78, 5) is 26.8. The van der Waals surface area contributed by atoms with E-state index in [1.54, 1.807) is 17.9 Å². The van der Waals surface area contributed by atoms with Crippen molar-refractivity contribution in [3.63, 3.8) is 0 Å². The van der Waals surface area contributed by atoms with E-state index in [2.05, 4.69) is 5.32 Å². The van der Waals surface area contributed by atoms with Crippen LogP contribution in [-0.4, -0.2) is 35.1 Å². The van der Waals surface area contributed by atoms with Crippen LogP contribution >= 0.6 is 35.0 Å². The number of hydrogen-bond acceptors (Lipinski definition) is 3. The summed E-state index contributed by atoms with van der Waals surface area (Å²) >= 11 is 13.7. The Hall–Kier alpha value is -1.69. The van der Waals surface area contributed by atoms with Crippen LogP contribution in [0.5, 0.6) is 0 Å². The number of hydrogen-bond donors (Lipinski definition) is 1. The van der Waals surface area contributed by atoms with Crippen LogP contribution < -0.4 is 5.32 Å². The molecule has 0 fully saturated rings. The van der Waals surface area contributed by atoms with Crippen molar-refractivity contribution >= 4 is 46.8 Å². The lowest BCUT2D eigenvalue weighted by atomic mass is 10.1. The molecule has 0 aromatic heterocycles. The van der Waals surface area contributed by atoms with E-state index in [1.807, 2.05) is 49.4 Å². The Labute approximate surface area is 180 Å². The maximum atomic E-state index is 12.9. The minimum atomic E-state index is -0.583. The number of rotatable bonds is 9. The molecular weight excluding hydrogens is 415 g/mol. The van der Waals surface area contributed by atoms with Crippen LogP contribution in [0.25, 0.3) is 0 Å². The highest BCUT2D eigenvalue weighted by Crippen LogP contribution is 2.21. The third kappa shape index (κ3) is 6.73. The highest BCUT2D eigenvalue weighted by Gasteiger charge is 2.26. The first kappa shape index (κ1) is 22.6. The van der Waals surface area contributed by atoms with Crippen LogP contribution in [0.2, 0.25) is 10.0 Å². The Kier molecular flexibility index (Phi) is 9.16. The van der Waals surface area contributed by atoms with Crippen LogP contribution in [0.3, 0.4) is 0 Å². The fourth-order valence-corrected chi connectivity index (χ4v) is 3.83. The van der Waals surface area contributed by atoms with Crippen molar-refractivity contribution < 1.29 is 9.59 Å². The number of halogens is 2. The molecule has 4 nitrogen and oxygen atoms in total. The van der Waals surface area contributed by atoms with Gasteiger partial charge >= 0.3 is 0 Å². The van der Waals surface area contributed by atoms with Crippen LogP contribution in [-0.2, 0) is 21.9 Å². The first-order valence-electron chi connectivity index (χ1n) is 9.05. The Bertz CT molecular complexity index is 799. The van der Waals surface area contributed by atoms with Gasteiger partial charge in [-0.2, -0.15) is 0 Å². The standard InChI is InChI=1S/C21H24Cl2N2O2S/c1-3-24-21(27)15(2)25(12-17-6-4-5-7-19(17)23)20(26)14-28-13-16-8-10-18(22)11-9-16/h4-11,15H,3,12-14H2,1-2H3,(H,24,27). The summed E-state index contributed by atoms with van der Waals surface area (Å²) in [6.45, 7) is 4.40. The lowest BCUT2D eigenvalue weighted by Gasteiger charge is -2.29. The van der Waals surface area contributed by atoms with Crippen LogP contribution in [0.4, 0.5) is 0 Å². The van der Waals surface area contributed by atoms with Gasteiger partial charge in [-0.1, -0.05) is 53.5 Å². The van der Waals surface area contributed by atoms with Gasteiger partial charge in [-0.15, -0.1) is 11.8 Å². The Balaban J connectivity index is 2.06. The normalized spacial score (nSPS) is 11.7. The van der Waals surface area contributed by atoms with Crippen molar-refractivity contribution in [2.45, 2.75) is 32.2 Å². The van der Waals surface area contributed by atoms with Gasteiger partial charge in [0.2, 0.25) is 11.8 Å². The fourth-order valence-electron chi connectivity index (χ4n) is 2.63. The van der Waals surface area contributed by atoms with Crippen molar-refractivity contribution in [2.75, 3.05) is 12.3 Å². The summed E-state index contributed by atoms with van der Waals surface area (Å²) in [7, 11) is 0. The molecule has 0 radical (unpaired) electrons. The largest absolute Gasteiger partial charge is 0.355 e. The van der Waals surface area contributed by atoms with Gasteiger partial charge in [-0.3, -0.25) is 9.59 Å². The third-order valence-corrected chi connectivity index (χ3v) is 5.83. The van der Waals surface area contributed by atoms with Gasteiger partial charge < -0.3 is 10.2 Å². The lowest BCUT2D eigenvalue weighted by molar-refractivity contribution is -0.138. The number of nitrogens with one attached hydrogen (secondary N) is 1. The summed E-state index contributed by atoms with van der Waals surface area (Å²) in [6, 6.07) is 14.3. The highest BCUT2D eigenvalue weighted by atomic mass is 35.5. The van der Waals surface area contributed by atoms with Crippen molar-refractivity contribution in [1.82, 2.24) is 10.2 Å². The van der Waals surface area contributed by atoms with Crippen LogP contribution in [0, 0.1) is 0 Å². The number of amides is 2. The molecule has 1 atom stereocenters. The predicted octanol–water partition coefficient (Wildman–Crippen LogP) is 4.78. The van der Waals surface area contributed by atoms with Gasteiger partial charge in [-0.05, 0) is 43.2 Å². The van der Waals surface area contributed by atoms with E-state index >= 15 is 0 Å². The molecule has 0 bridgehead atoms. The second-order valence-electron chi connectivity index (χ2n) is 6.30. The number of carbonyl (C=O) groups excluding carboxylic acids is 2. The van der Waals surface area contributed by atoms with E-state index in [9.17, 15) is 9.59 Å². The van der Waals surface area contributed by atoms with Gasteiger partial charge in [-0.25, -0.2) is 0 Å². The van der Waals surface area contributed by atoms with Crippen molar-refractivity contribution in [3.05, 3.63) is 69.7 Å². The van der Waals surface area contributed by atoms with Gasteiger partial charge in [0, 0.05) is 28.9 Å². The first-order valence-corrected chi connectivity index (χ1v) is 11.0. The molecule has 2 rings (SSSR count). The second kappa shape index (κ2) is 11.3. The van der Waals surface area contributed by atoms with E-state index in [1.165, 1.54) is 11.8 Å². The molecule has 0 aliphatic heterocycles. The molecule has 0 saturated carbocycles. The Morgan fingerprint density at radius 2 is 1.79 bits per heavy atom. The number of benzene rings is 2. The monoisotopic (exact) mass is 438 g/mol. The average molecular weight is 439 g/mol. The molecule has 1 N–H and O–H groups in total. The van der Waals surface area contributed by atoms with E-state index in [0.29, 0.717) is 22.3 Å². The predicted molar refractivity (Wildman–Crippen MR) is 118 cm³/mol. The molecular formula is C21H24Cl2N2O2S. The Morgan fingerprint density at radius 1 is 1.11 bits per heavy atom. The quantitative estimate of drug-likeness (QED) is 0.612. The summed E-state index contributed by atoms with van der Waals surface area (Å²) < 4.78 is 0. The summed E-state index contributed by atoms with van der Waals surface area (Å²) in [5.74, 6) is 0.693. The van der Waals surface area contributed by atoms with Crippen molar-refractivity contribution in [3.8, 4) is 0 Å². The second-order valence-corrected chi connectivity index (χ2v) is 8.13. The third-order valence-electron chi connectivity index (χ3n) is 4.22. The fraction of sp³-hybridized carbons (Fsp3) is 0.333. The van der Waals surface area contributed by atoms with Crippen molar-refractivity contribution in [1.29, 1.82) is 0 Å². The van der Waals surface area contributed by atoms with E-state index < -0.39 is 6.04 Å². The van der Waals surface area contributed by atoms with Gasteiger partial charge in [0.1, 0.15) is 6.04 Å². The molecule has 1 unspecified atom stereocenters. The number of nitrogens with zero attached hydrogens (tertiary/aromatic N) is 1. The van der Waals surface area contributed by atoms with Crippen LogP contribution in [0.15, 0.2) is 48.5 Å². The molecule has 0 heterocycles. The summed E-state index contributed by atoms with van der Waals surface area (Å²) in [6.07, 6.45) is 0. The van der Waals surface area contributed by atoms with Crippen molar-refractivity contribution in [2.24, 2.45) is 0 Å². The van der Waals surface area contributed by atoms with E-state index in [-0.39, 0.29) is 24.1 Å². The molecule has 0 saturated heterocycles. The maximum Gasteiger partial charge on any atom is 0.242 e. The minimum Gasteiger partial charge on any atom is -0.355 e. The number of likely N-dealkylation sites (N-methyl/N-ethyl adjacent to an activating group) is 1. The SMILES string of the molecule is CCNC(=O)C(C)N(Cc1ccccc1Cl)C(=O)CSCc1ccc(Cl)cc1. The van der Waals surface area contributed by atoms with E-state index in [4.69, 9.17) is 23.2 Å². The molecule has 2 aromatic rings.